The van der Waals surface area contributed by atoms with E-state index in [2.05, 4.69) is 15.9 Å². The van der Waals surface area contributed by atoms with Gasteiger partial charge in [0.15, 0.2) is 0 Å². The van der Waals surface area contributed by atoms with E-state index in [0.717, 1.165) is 10.2 Å². The zero-order valence-corrected chi connectivity index (χ0v) is 8.95. The lowest BCUT2D eigenvalue weighted by molar-refractivity contribution is -0.133. The molecule has 0 spiro atoms. The monoisotopic (exact) mass is 253 g/mol. The fourth-order valence-electron chi connectivity index (χ4n) is 1.44. The first-order valence-corrected chi connectivity index (χ1v) is 5.08. The number of rotatable bonds is 1. The van der Waals surface area contributed by atoms with E-state index in [1.807, 2.05) is 24.3 Å². The Kier molecular flexibility index (Phi) is 2.37. The van der Waals surface area contributed by atoms with Gasteiger partial charge in [-0.25, -0.2) is 0 Å². The first kappa shape index (κ1) is 9.40. The maximum atomic E-state index is 11.4. The summed E-state index contributed by atoms with van der Waals surface area (Å²) in [6.07, 6.45) is 0.328. The highest BCUT2D eigenvalue weighted by Crippen LogP contribution is 2.21. The van der Waals surface area contributed by atoms with Crippen molar-refractivity contribution in [2.45, 2.75) is 6.42 Å². The highest BCUT2D eigenvalue weighted by atomic mass is 79.9. The van der Waals surface area contributed by atoms with Gasteiger partial charge in [0.1, 0.15) is 0 Å². The fraction of sp³-hybridized carbons (Fsp3) is 0.200. The molecule has 1 aliphatic rings. The number of Topliss-reactive ketones (excluding diaryl/α,β-unsaturated/α-hetero) is 1. The van der Waals surface area contributed by atoms with Gasteiger partial charge in [-0.3, -0.25) is 9.59 Å². The van der Waals surface area contributed by atoms with Crippen LogP contribution in [-0.4, -0.2) is 18.2 Å². The van der Waals surface area contributed by atoms with Crippen molar-refractivity contribution >= 4 is 33.3 Å². The largest absolute Gasteiger partial charge is 0.305 e. The fourth-order valence-corrected chi connectivity index (χ4v) is 1.70. The lowest BCUT2D eigenvalue weighted by Crippen LogP contribution is -2.26. The van der Waals surface area contributed by atoms with Crippen LogP contribution in [0.3, 0.4) is 0 Å². The van der Waals surface area contributed by atoms with Gasteiger partial charge in [0.05, 0.1) is 0 Å². The third-order valence-corrected chi connectivity index (χ3v) is 2.71. The first-order chi connectivity index (χ1) is 6.68. The Morgan fingerprint density at radius 3 is 2.29 bits per heavy atom. The molecule has 72 valence electrons. The SMILES string of the molecule is O=C1CCN(c2ccc(Br)cc2)C1=O. The minimum Gasteiger partial charge on any atom is -0.305 e. The zero-order valence-electron chi connectivity index (χ0n) is 7.37. The molecule has 1 fully saturated rings. The van der Waals surface area contributed by atoms with E-state index in [4.69, 9.17) is 0 Å². The van der Waals surface area contributed by atoms with Crippen molar-refractivity contribution in [2.24, 2.45) is 0 Å². The highest BCUT2D eigenvalue weighted by molar-refractivity contribution is 9.10. The number of benzene rings is 1. The van der Waals surface area contributed by atoms with Crippen molar-refractivity contribution in [3.05, 3.63) is 28.7 Å². The Morgan fingerprint density at radius 2 is 1.79 bits per heavy atom. The van der Waals surface area contributed by atoms with Gasteiger partial charge in [-0.05, 0) is 24.3 Å². The number of hydrogen-bond acceptors (Lipinski definition) is 2. The van der Waals surface area contributed by atoms with E-state index in [9.17, 15) is 9.59 Å². The molecule has 1 amide bonds. The second-order valence-electron chi connectivity index (χ2n) is 3.11. The van der Waals surface area contributed by atoms with Gasteiger partial charge in [-0.2, -0.15) is 0 Å². The average Bonchev–Trinajstić information content (AvgIpc) is 2.50. The number of carbonyl (C=O) groups excluding carboxylic acids is 2. The summed E-state index contributed by atoms with van der Waals surface area (Å²) >= 11 is 3.31. The molecule has 1 saturated heterocycles. The molecular weight excluding hydrogens is 246 g/mol. The maximum absolute atomic E-state index is 11.4. The molecule has 14 heavy (non-hydrogen) atoms. The van der Waals surface area contributed by atoms with Gasteiger partial charge in [0.2, 0.25) is 5.78 Å². The van der Waals surface area contributed by atoms with E-state index < -0.39 is 5.91 Å². The van der Waals surface area contributed by atoms with Crippen molar-refractivity contribution < 1.29 is 9.59 Å². The molecule has 1 aliphatic heterocycles. The number of carbonyl (C=O) groups is 2. The van der Waals surface area contributed by atoms with E-state index >= 15 is 0 Å². The van der Waals surface area contributed by atoms with Gasteiger partial charge >= 0.3 is 0 Å². The van der Waals surface area contributed by atoms with Crippen LogP contribution in [-0.2, 0) is 9.59 Å². The molecule has 0 aromatic heterocycles. The summed E-state index contributed by atoms with van der Waals surface area (Å²) in [7, 11) is 0. The zero-order chi connectivity index (χ0) is 10.1. The Bertz CT molecular complexity index is 386. The first-order valence-electron chi connectivity index (χ1n) is 4.29. The second-order valence-corrected chi connectivity index (χ2v) is 4.02. The van der Waals surface area contributed by atoms with Crippen LogP contribution in [0.5, 0.6) is 0 Å². The van der Waals surface area contributed by atoms with Crippen molar-refractivity contribution in [1.29, 1.82) is 0 Å². The van der Waals surface area contributed by atoms with Crippen LogP contribution in [0.1, 0.15) is 6.42 Å². The van der Waals surface area contributed by atoms with Crippen LogP contribution >= 0.6 is 15.9 Å². The van der Waals surface area contributed by atoms with Gasteiger partial charge in [0.25, 0.3) is 5.91 Å². The summed E-state index contributed by atoms with van der Waals surface area (Å²) in [5.41, 5.74) is 0.782. The van der Waals surface area contributed by atoms with E-state index in [-0.39, 0.29) is 5.78 Å². The van der Waals surface area contributed by atoms with Gasteiger partial charge in [0, 0.05) is 23.1 Å². The molecule has 0 bridgehead atoms. The molecule has 0 unspecified atom stereocenters. The number of anilines is 1. The van der Waals surface area contributed by atoms with Crippen LogP contribution in [0.4, 0.5) is 5.69 Å². The van der Waals surface area contributed by atoms with Crippen LogP contribution in [0, 0.1) is 0 Å². The lowest BCUT2D eigenvalue weighted by Gasteiger charge is -2.13. The lowest BCUT2D eigenvalue weighted by atomic mass is 10.3. The molecule has 0 N–H and O–H groups in total. The molecule has 3 nitrogen and oxygen atoms in total. The summed E-state index contributed by atoms with van der Waals surface area (Å²) < 4.78 is 0.958. The minimum absolute atomic E-state index is 0.298. The van der Waals surface area contributed by atoms with Gasteiger partial charge in [-0.15, -0.1) is 0 Å². The predicted molar refractivity (Wildman–Crippen MR) is 56.1 cm³/mol. The van der Waals surface area contributed by atoms with E-state index in [0.29, 0.717) is 13.0 Å². The normalized spacial score (nSPS) is 16.5. The Hall–Kier alpha value is -1.16. The molecule has 4 heteroatoms. The predicted octanol–water partition coefficient (Wildman–Crippen LogP) is 1.75. The van der Waals surface area contributed by atoms with Crippen molar-refractivity contribution in [1.82, 2.24) is 0 Å². The third kappa shape index (κ3) is 1.57. The quantitative estimate of drug-likeness (QED) is 0.716. The Labute approximate surface area is 89.8 Å². The van der Waals surface area contributed by atoms with E-state index in [1.165, 1.54) is 4.90 Å². The van der Waals surface area contributed by atoms with Crippen LogP contribution in [0.15, 0.2) is 28.7 Å². The van der Waals surface area contributed by atoms with Crippen LogP contribution < -0.4 is 4.90 Å². The Balaban J connectivity index is 2.28. The molecule has 1 aromatic rings. The number of ketones is 1. The van der Waals surface area contributed by atoms with Gasteiger partial charge < -0.3 is 4.90 Å². The van der Waals surface area contributed by atoms with E-state index in [1.54, 1.807) is 0 Å². The van der Waals surface area contributed by atoms with Gasteiger partial charge in [-0.1, -0.05) is 15.9 Å². The molecule has 1 heterocycles. The second kappa shape index (κ2) is 3.53. The summed E-state index contributed by atoms with van der Waals surface area (Å²) in [5, 5.41) is 0. The summed E-state index contributed by atoms with van der Waals surface area (Å²) in [5.74, 6) is -0.694. The van der Waals surface area contributed by atoms with Crippen molar-refractivity contribution in [2.75, 3.05) is 11.4 Å². The topological polar surface area (TPSA) is 37.4 Å². The number of hydrogen-bond donors (Lipinski definition) is 0. The maximum Gasteiger partial charge on any atom is 0.294 e. The molecule has 2 rings (SSSR count). The summed E-state index contributed by atoms with van der Waals surface area (Å²) in [4.78, 5) is 23.9. The molecule has 0 saturated carbocycles. The number of nitrogens with zero attached hydrogens (tertiary/aromatic N) is 1. The highest BCUT2D eigenvalue weighted by Gasteiger charge is 2.29. The molecular formula is C10H8BrNO2. The molecule has 0 aliphatic carbocycles. The van der Waals surface area contributed by atoms with Crippen LogP contribution in [0.2, 0.25) is 0 Å². The average molecular weight is 254 g/mol. The standard InChI is InChI=1S/C10H8BrNO2/c11-7-1-3-8(4-2-7)12-6-5-9(13)10(12)14/h1-4H,5-6H2. The number of halogens is 1. The smallest absolute Gasteiger partial charge is 0.294 e. The summed E-state index contributed by atoms with van der Waals surface area (Å²) in [6.45, 7) is 0.499. The molecule has 1 aromatic carbocycles. The van der Waals surface area contributed by atoms with Crippen molar-refractivity contribution in [3.63, 3.8) is 0 Å². The molecule has 0 radical (unpaired) electrons. The Morgan fingerprint density at radius 1 is 1.14 bits per heavy atom. The van der Waals surface area contributed by atoms with Crippen LogP contribution in [0.25, 0.3) is 0 Å². The molecule has 0 atom stereocenters. The summed E-state index contributed by atoms with van der Waals surface area (Å²) in [6, 6.07) is 7.35. The van der Waals surface area contributed by atoms with Crippen molar-refractivity contribution in [3.8, 4) is 0 Å². The number of amides is 1. The minimum atomic E-state index is -0.396. The third-order valence-electron chi connectivity index (χ3n) is 2.18.